The first kappa shape index (κ1) is 15.4. The second-order valence-corrected chi connectivity index (χ2v) is 7.96. The van der Waals surface area contributed by atoms with Crippen molar-refractivity contribution in [2.75, 3.05) is 5.06 Å². The van der Waals surface area contributed by atoms with Crippen LogP contribution in [-0.4, -0.2) is 23.3 Å². The first-order chi connectivity index (χ1) is 12.2. The Bertz CT molecular complexity index is 781. The number of benzene rings is 2. The predicted molar refractivity (Wildman–Crippen MR) is 97.7 cm³/mol. The summed E-state index contributed by atoms with van der Waals surface area (Å²) in [5, 5.41) is 2.04. The summed E-state index contributed by atoms with van der Waals surface area (Å²) in [6.07, 6.45) is 2.14. The summed E-state index contributed by atoms with van der Waals surface area (Å²) < 4.78 is 0. The molecule has 2 bridgehead atoms. The van der Waals surface area contributed by atoms with E-state index in [4.69, 9.17) is 16.4 Å². The third-order valence-corrected chi connectivity index (χ3v) is 6.61. The van der Waals surface area contributed by atoms with Crippen LogP contribution < -0.4 is 5.06 Å². The van der Waals surface area contributed by atoms with Gasteiger partial charge >= 0.3 is 0 Å². The molecule has 4 heteroatoms. The number of nitrogens with zero attached hydrogens (tertiary/aromatic N) is 1. The number of Topliss-reactive ketones (excluding diaryl/α,β-unsaturated/α-hetero) is 1. The minimum atomic E-state index is -0.269. The maximum Gasteiger partial charge on any atom is 0.188 e. The number of hydrogen-bond acceptors (Lipinski definition) is 3. The quantitative estimate of drug-likeness (QED) is 0.608. The lowest BCUT2D eigenvalue weighted by Gasteiger charge is -2.28. The Morgan fingerprint density at radius 1 is 1.00 bits per heavy atom. The van der Waals surface area contributed by atoms with Crippen molar-refractivity contribution in [3.63, 3.8) is 0 Å². The van der Waals surface area contributed by atoms with Gasteiger partial charge in [-0.2, -0.15) is 0 Å². The molecule has 0 aromatic heterocycles. The maximum atomic E-state index is 13.4. The molecule has 5 rings (SSSR count). The van der Waals surface area contributed by atoms with E-state index in [2.05, 4.69) is 0 Å². The average Bonchev–Trinajstić information content (AvgIpc) is 3.32. The molecule has 1 heterocycles. The molecule has 1 saturated heterocycles. The molecule has 3 nitrogen and oxygen atoms in total. The first-order valence-electron chi connectivity index (χ1n) is 8.98. The summed E-state index contributed by atoms with van der Waals surface area (Å²) in [6, 6.07) is 19.3. The summed E-state index contributed by atoms with van der Waals surface area (Å²) >= 11 is 6.53. The minimum Gasteiger partial charge on any atom is -0.292 e. The van der Waals surface area contributed by atoms with Crippen LogP contribution in [0.25, 0.3) is 0 Å². The van der Waals surface area contributed by atoms with Crippen LogP contribution in [0.3, 0.4) is 0 Å². The average molecular weight is 354 g/mol. The van der Waals surface area contributed by atoms with Gasteiger partial charge in [-0.3, -0.25) is 9.63 Å². The van der Waals surface area contributed by atoms with E-state index in [0.717, 1.165) is 24.1 Å². The fourth-order valence-corrected chi connectivity index (χ4v) is 5.53. The van der Waals surface area contributed by atoms with Gasteiger partial charge in [0.05, 0.1) is 11.8 Å². The van der Waals surface area contributed by atoms with Crippen molar-refractivity contribution in [1.82, 2.24) is 0 Å². The zero-order valence-corrected chi connectivity index (χ0v) is 14.5. The number of hydrogen-bond donors (Lipinski definition) is 0. The second kappa shape index (κ2) is 5.86. The van der Waals surface area contributed by atoms with Crippen LogP contribution in [0.4, 0.5) is 5.69 Å². The molecule has 6 atom stereocenters. The van der Waals surface area contributed by atoms with E-state index in [1.54, 1.807) is 0 Å². The number of carbonyl (C=O) groups excluding carboxylic acids is 1. The van der Waals surface area contributed by atoms with Crippen molar-refractivity contribution >= 4 is 23.1 Å². The number of alkyl halides is 1. The van der Waals surface area contributed by atoms with E-state index < -0.39 is 0 Å². The topological polar surface area (TPSA) is 29.5 Å². The summed E-state index contributed by atoms with van der Waals surface area (Å²) in [4.78, 5) is 19.7. The van der Waals surface area contributed by atoms with Gasteiger partial charge in [0.15, 0.2) is 5.78 Å². The van der Waals surface area contributed by atoms with Gasteiger partial charge in [0.25, 0.3) is 0 Å². The summed E-state index contributed by atoms with van der Waals surface area (Å²) in [7, 11) is 0. The number of halogens is 1. The Morgan fingerprint density at radius 3 is 2.40 bits per heavy atom. The molecule has 2 aliphatic carbocycles. The van der Waals surface area contributed by atoms with Gasteiger partial charge in [-0.05, 0) is 30.9 Å². The minimum absolute atomic E-state index is 0.0547. The molecular weight excluding hydrogens is 334 g/mol. The van der Waals surface area contributed by atoms with Crippen LogP contribution >= 0.6 is 11.6 Å². The highest BCUT2D eigenvalue weighted by Gasteiger charge is 2.62. The standard InChI is InChI=1S/C21H20ClNO2/c22-17-12-14-11-16(17)21-18(14)19(20(24)13-7-3-1-4-8-13)23(25-21)15-9-5-2-6-10-15/h1-10,14,16-19,21H,11-12H2/t14-,16+,17+,18+,19+,21+/m1/s1. The van der Waals surface area contributed by atoms with Gasteiger partial charge in [0.2, 0.25) is 0 Å². The Labute approximate surface area is 152 Å². The Hall–Kier alpha value is -1.84. The van der Waals surface area contributed by atoms with Crippen molar-refractivity contribution in [3.8, 4) is 0 Å². The Morgan fingerprint density at radius 2 is 1.68 bits per heavy atom. The molecule has 128 valence electrons. The monoisotopic (exact) mass is 353 g/mol. The highest BCUT2D eigenvalue weighted by Crippen LogP contribution is 2.57. The van der Waals surface area contributed by atoms with E-state index in [9.17, 15) is 4.79 Å². The van der Waals surface area contributed by atoms with Crippen molar-refractivity contribution in [3.05, 3.63) is 66.2 Å². The Balaban J connectivity index is 1.56. The van der Waals surface area contributed by atoms with E-state index >= 15 is 0 Å². The summed E-state index contributed by atoms with van der Waals surface area (Å²) in [5.74, 6) is 1.21. The summed E-state index contributed by atoms with van der Waals surface area (Å²) in [5.41, 5.74) is 1.69. The molecule has 3 aliphatic rings. The molecule has 0 spiro atoms. The number of fused-ring (bicyclic) bond motifs is 5. The van der Waals surface area contributed by atoms with Gasteiger partial charge in [0, 0.05) is 22.8 Å². The molecule has 0 N–H and O–H groups in total. The van der Waals surface area contributed by atoms with E-state index in [1.807, 2.05) is 65.7 Å². The molecule has 2 aromatic rings. The normalized spacial score (nSPS) is 35.8. The lowest BCUT2D eigenvalue weighted by atomic mass is 9.79. The first-order valence-corrected chi connectivity index (χ1v) is 9.42. The third-order valence-electron chi connectivity index (χ3n) is 6.10. The van der Waals surface area contributed by atoms with Gasteiger partial charge in [0.1, 0.15) is 6.04 Å². The number of anilines is 1. The number of rotatable bonds is 3. The molecule has 0 amide bonds. The zero-order chi connectivity index (χ0) is 17.0. The van der Waals surface area contributed by atoms with E-state index in [0.29, 0.717) is 11.8 Å². The zero-order valence-electron chi connectivity index (χ0n) is 13.8. The molecule has 25 heavy (non-hydrogen) atoms. The van der Waals surface area contributed by atoms with Crippen LogP contribution in [-0.2, 0) is 4.84 Å². The molecule has 2 aromatic carbocycles. The van der Waals surface area contributed by atoms with Crippen LogP contribution in [0.2, 0.25) is 0 Å². The van der Waals surface area contributed by atoms with Gasteiger partial charge in [-0.25, -0.2) is 5.06 Å². The van der Waals surface area contributed by atoms with E-state index in [-0.39, 0.29) is 29.2 Å². The van der Waals surface area contributed by atoms with Crippen LogP contribution in [0.5, 0.6) is 0 Å². The molecule has 0 unspecified atom stereocenters. The molecule has 3 fully saturated rings. The van der Waals surface area contributed by atoms with Gasteiger partial charge in [-0.15, -0.1) is 11.6 Å². The largest absolute Gasteiger partial charge is 0.292 e. The van der Waals surface area contributed by atoms with Crippen LogP contribution in [0.15, 0.2) is 60.7 Å². The van der Waals surface area contributed by atoms with Crippen LogP contribution in [0, 0.1) is 17.8 Å². The van der Waals surface area contributed by atoms with E-state index in [1.165, 1.54) is 0 Å². The molecule has 0 radical (unpaired) electrons. The summed E-state index contributed by atoms with van der Waals surface area (Å²) in [6.45, 7) is 0. The highest BCUT2D eigenvalue weighted by molar-refractivity contribution is 6.21. The lowest BCUT2D eigenvalue weighted by molar-refractivity contribution is 0.0371. The van der Waals surface area contributed by atoms with Crippen molar-refractivity contribution in [1.29, 1.82) is 0 Å². The molecule has 1 aliphatic heterocycles. The number of para-hydroxylation sites is 1. The SMILES string of the molecule is O=C(c1ccccc1)[C@@H]1[C@@H]2[C@@H]3C[C@H]([C@@H]2ON1c1ccccc1)[C@@H](Cl)C3. The van der Waals surface area contributed by atoms with Crippen LogP contribution in [0.1, 0.15) is 23.2 Å². The highest BCUT2D eigenvalue weighted by atomic mass is 35.5. The van der Waals surface area contributed by atoms with Gasteiger partial charge in [-0.1, -0.05) is 48.5 Å². The number of hydroxylamine groups is 1. The van der Waals surface area contributed by atoms with Gasteiger partial charge < -0.3 is 0 Å². The second-order valence-electron chi connectivity index (χ2n) is 7.40. The molecule has 2 saturated carbocycles. The molecular formula is C21H20ClNO2. The number of carbonyl (C=O) groups is 1. The fraction of sp³-hybridized carbons (Fsp3) is 0.381. The predicted octanol–water partition coefficient (Wildman–Crippen LogP) is 4.32. The van der Waals surface area contributed by atoms with Crippen molar-refractivity contribution in [2.24, 2.45) is 17.8 Å². The smallest absolute Gasteiger partial charge is 0.188 e. The third kappa shape index (κ3) is 2.33. The van der Waals surface area contributed by atoms with Crippen molar-refractivity contribution < 1.29 is 9.63 Å². The van der Waals surface area contributed by atoms with Crippen molar-refractivity contribution in [2.45, 2.75) is 30.4 Å². The Kier molecular flexibility index (Phi) is 3.61. The maximum absolute atomic E-state index is 13.4. The fourth-order valence-electron chi connectivity index (χ4n) is 5.06. The number of ketones is 1. The lowest BCUT2D eigenvalue weighted by Crippen LogP contribution is -2.42.